The van der Waals surface area contributed by atoms with Gasteiger partial charge in [0.05, 0.1) is 4.90 Å². The van der Waals surface area contributed by atoms with Gasteiger partial charge < -0.3 is 10.7 Å². The molecule has 0 aliphatic rings. The molecular formula is C12H20ClNO3S. The van der Waals surface area contributed by atoms with Gasteiger partial charge in [-0.05, 0) is 30.5 Å². The molecule has 4 N–H and O–H groups in total. The van der Waals surface area contributed by atoms with E-state index in [-0.39, 0.29) is 16.4 Å². The average molecular weight is 294 g/mol. The lowest BCUT2D eigenvalue weighted by Crippen LogP contribution is -2.04. The van der Waals surface area contributed by atoms with Crippen molar-refractivity contribution < 1.29 is 13.0 Å². The van der Waals surface area contributed by atoms with Gasteiger partial charge in [-0.2, -0.15) is 0 Å². The van der Waals surface area contributed by atoms with Gasteiger partial charge in [0.1, 0.15) is 10.1 Å². The highest BCUT2D eigenvalue weighted by atomic mass is 35.5. The van der Waals surface area contributed by atoms with E-state index < -0.39 is 10.1 Å². The lowest BCUT2D eigenvalue weighted by molar-refractivity contribution is 0.463. The number of rotatable bonds is 6. The van der Waals surface area contributed by atoms with Crippen molar-refractivity contribution in [3.8, 4) is 0 Å². The smallest absolute Gasteiger partial charge is 0.124 e. The molecule has 1 aromatic rings. The van der Waals surface area contributed by atoms with E-state index >= 15 is 0 Å². The van der Waals surface area contributed by atoms with Crippen molar-refractivity contribution >= 4 is 21.7 Å². The third-order valence-corrected chi connectivity index (χ3v) is 3.76. The number of unbranched alkanes of at least 4 members (excludes halogenated alkanes) is 1. The van der Waals surface area contributed by atoms with Crippen molar-refractivity contribution in [1.29, 1.82) is 0 Å². The summed E-state index contributed by atoms with van der Waals surface area (Å²) in [6, 6.07) is 5.96. The van der Waals surface area contributed by atoms with Crippen molar-refractivity contribution in [3.63, 3.8) is 0 Å². The van der Waals surface area contributed by atoms with Crippen LogP contribution in [0.3, 0.4) is 0 Å². The Morgan fingerprint density at radius 1 is 1.28 bits per heavy atom. The fraction of sp³-hybridized carbons (Fsp3) is 0.500. The Morgan fingerprint density at radius 2 is 1.83 bits per heavy atom. The van der Waals surface area contributed by atoms with E-state index in [2.05, 4.69) is 6.92 Å². The molecule has 104 valence electrons. The van der Waals surface area contributed by atoms with Gasteiger partial charge in [-0.1, -0.05) is 31.9 Å². The fourth-order valence-corrected chi connectivity index (χ4v) is 2.38. The SMILES string of the molecule is CCCCC(Cl)Cc1ccc(S(=O)(=O)[O-])cc1.[NH4+]. The summed E-state index contributed by atoms with van der Waals surface area (Å²) in [6.45, 7) is 2.11. The summed E-state index contributed by atoms with van der Waals surface area (Å²) in [7, 11) is -4.35. The van der Waals surface area contributed by atoms with Gasteiger partial charge in [0.15, 0.2) is 0 Å². The van der Waals surface area contributed by atoms with E-state index in [0.717, 1.165) is 24.8 Å². The predicted octanol–water partition coefficient (Wildman–Crippen LogP) is 3.31. The molecule has 1 atom stereocenters. The third kappa shape index (κ3) is 5.82. The fourth-order valence-electron chi connectivity index (χ4n) is 1.58. The van der Waals surface area contributed by atoms with Crippen molar-refractivity contribution in [2.24, 2.45) is 0 Å². The second-order valence-electron chi connectivity index (χ2n) is 4.04. The molecule has 18 heavy (non-hydrogen) atoms. The summed E-state index contributed by atoms with van der Waals surface area (Å²) >= 11 is 6.14. The molecule has 4 nitrogen and oxygen atoms in total. The minimum absolute atomic E-state index is 0. The minimum atomic E-state index is -4.35. The van der Waals surface area contributed by atoms with Crippen LogP contribution < -0.4 is 6.15 Å². The van der Waals surface area contributed by atoms with Crippen LogP contribution in [0.25, 0.3) is 0 Å². The van der Waals surface area contributed by atoms with Crippen LogP contribution in [0.15, 0.2) is 29.2 Å². The first-order chi connectivity index (χ1) is 7.93. The molecule has 0 aromatic heterocycles. The molecule has 0 aliphatic carbocycles. The van der Waals surface area contributed by atoms with E-state index in [1.807, 2.05) is 0 Å². The highest BCUT2D eigenvalue weighted by Gasteiger charge is 2.06. The van der Waals surface area contributed by atoms with Crippen LogP contribution >= 0.6 is 11.6 Å². The highest BCUT2D eigenvalue weighted by molar-refractivity contribution is 7.85. The molecule has 1 rings (SSSR count). The van der Waals surface area contributed by atoms with Crippen molar-refractivity contribution in [2.45, 2.75) is 42.9 Å². The molecular weight excluding hydrogens is 274 g/mol. The van der Waals surface area contributed by atoms with E-state index in [1.54, 1.807) is 12.1 Å². The molecule has 0 fully saturated rings. The van der Waals surface area contributed by atoms with Gasteiger partial charge in [0.25, 0.3) is 0 Å². The first kappa shape index (κ1) is 17.4. The highest BCUT2D eigenvalue weighted by Crippen LogP contribution is 2.16. The summed E-state index contributed by atoms with van der Waals surface area (Å²) in [4.78, 5) is -0.194. The summed E-state index contributed by atoms with van der Waals surface area (Å²) in [5, 5.41) is 0.0599. The average Bonchev–Trinajstić information content (AvgIpc) is 2.26. The van der Waals surface area contributed by atoms with Gasteiger partial charge in [-0.25, -0.2) is 8.42 Å². The summed E-state index contributed by atoms with van der Waals surface area (Å²) in [5.41, 5.74) is 0.952. The summed E-state index contributed by atoms with van der Waals surface area (Å²) < 4.78 is 32.2. The normalized spacial score (nSPS) is 12.8. The lowest BCUT2D eigenvalue weighted by atomic mass is 10.1. The molecule has 0 spiro atoms. The Kier molecular flexibility index (Phi) is 7.47. The maximum absolute atomic E-state index is 10.7. The van der Waals surface area contributed by atoms with Gasteiger partial charge in [0.2, 0.25) is 0 Å². The van der Waals surface area contributed by atoms with Gasteiger partial charge >= 0.3 is 0 Å². The Morgan fingerprint density at radius 3 is 2.28 bits per heavy atom. The molecule has 0 radical (unpaired) electrons. The number of quaternary nitrogens is 1. The van der Waals surface area contributed by atoms with Crippen molar-refractivity contribution in [1.82, 2.24) is 6.15 Å². The van der Waals surface area contributed by atoms with Crippen molar-refractivity contribution in [2.75, 3.05) is 0 Å². The van der Waals surface area contributed by atoms with Gasteiger partial charge in [-0.3, -0.25) is 0 Å². The molecule has 1 unspecified atom stereocenters. The summed E-state index contributed by atoms with van der Waals surface area (Å²) in [6.07, 6.45) is 3.83. The first-order valence-corrected chi connectivity index (χ1v) is 7.47. The predicted molar refractivity (Wildman–Crippen MR) is 73.3 cm³/mol. The second kappa shape index (κ2) is 7.74. The summed E-state index contributed by atoms with van der Waals surface area (Å²) in [5.74, 6) is 0. The van der Waals surface area contributed by atoms with Crippen LogP contribution in [0.5, 0.6) is 0 Å². The Bertz CT molecular complexity index is 445. The zero-order valence-electron chi connectivity index (χ0n) is 10.7. The molecule has 0 amide bonds. The Balaban J connectivity index is 0.00000289. The van der Waals surface area contributed by atoms with Crippen molar-refractivity contribution in [3.05, 3.63) is 29.8 Å². The quantitative estimate of drug-likeness (QED) is 0.644. The van der Waals surface area contributed by atoms with Gasteiger partial charge in [0, 0.05) is 5.38 Å². The third-order valence-electron chi connectivity index (χ3n) is 2.54. The van der Waals surface area contributed by atoms with Crippen LogP contribution in [0, 0.1) is 0 Å². The zero-order chi connectivity index (χ0) is 12.9. The molecule has 0 bridgehead atoms. The number of alkyl halides is 1. The largest absolute Gasteiger partial charge is 0.744 e. The van der Waals surface area contributed by atoms with E-state index in [9.17, 15) is 13.0 Å². The minimum Gasteiger partial charge on any atom is -0.744 e. The topological polar surface area (TPSA) is 93.7 Å². The molecule has 6 heteroatoms. The Hall–Kier alpha value is -0.620. The van der Waals surface area contributed by atoms with Crippen LogP contribution in [-0.2, 0) is 16.5 Å². The monoisotopic (exact) mass is 293 g/mol. The maximum atomic E-state index is 10.7. The standard InChI is InChI=1S/C12H17ClO3S.H3N/c1-2-3-4-11(13)9-10-5-7-12(8-6-10)17(14,15)16;/h5-8,11H,2-4,9H2,1H3,(H,14,15,16);1H3. The first-order valence-electron chi connectivity index (χ1n) is 5.62. The van der Waals surface area contributed by atoms with E-state index in [4.69, 9.17) is 11.6 Å². The molecule has 0 aliphatic heterocycles. The molecule has 0 saturated carbocycles. The van der Waals surface area contributed by atoms with Crippen LogP contribution in [0.1, 0.15) is 31.7 Å². The number of halogens is 1. The van der Waals surface area contributed by atoms with Gasteiger partial charge in [-0.15, -0.1) is 11.6 Å². The second-order valence-corrected chi connectivity index (χ2v) is 6.04. The van der Waals surface area contributed by atoms with Crippen LogP contribution in [0.2, 0.25) is 0 Å². The van der Waals surface area contributed by atoms with E-state index in [1.165, 1.54) is 12.1 Å². The lowest BCUT2D eigenvalue weighted by Gasteiger charge is -2.10. The number of hydrogen-bond donors (Lipinski definition) is 1. The zero-order valence-corrected chi connectivity index (χ0v) is 12.3. The van der Waals surface area contributed by atoms with Crippen LogP contribution in [-0.4, -0.2) is 18.3 Å². The Labute approximate surface area is 114 Å². The maximum Gasteiger partial charge on any atom is 0.124 e. The van der Waals surface area contributed by atoms with E-state index in [0.29, 0.717) is 6.42 Å². The van der Waals surface area contributed by atoms with Crippen LogP contribution in [0.4, 0.5) is 0 Å². The molecule has 1 aromatic carbocycles. The molecule has 0 saturated heterocycles. The number of hydrogen-bond acceptors (Lipinski definition) is 3. The number of benzene rings is 1. The molecule has 0 heterocycles.